The van der Waals surface area contributed by atoms with Crippen molar-refractivity contribution in [3.8, 4) is 0 Å². The average Bonchev–Trinajstić information content (AvgIpc) is 2.47. The van der Waals surface area contributed by atoms with Crippen LogP contribution >= 0.6 is 0 Å². The van der Waals surface area contributed by atoms with Crippen molar-refractivity contribution < 1.29 is 4.79 Å². The van der Waals surface area contributed by atoms with Gasteiger partial charge >= 0.3 is 0 Å². The molecule has 1 atom stereocenters. The molecule has 1 fully saturated rings. The van der Waals surface area contributed by atoms with Gasteiger partial charge in [0, 0.05) is 13.1 Å². The first-order chi connectivity index (χ1) is 9.69. The highest BCUT2D eigenvalue weighted by Crippen LogP contribution is 2.15. The summed E-state index contributed by atoms with van der Waals surface area (Å²) in [6.45, 7) is 11.5. The van der Waals surface area contributed by atoms with Crippen molar-refractivity contribution in [1.29, 1.82) is 0 Å². The number of hydrogen-bond acceptors (Lipinski definition) is 3. The van der Waals surface area contributed by atoms with Crippen LogP contribution in [0.2, 0.25) is 0 Å². The quantitative estimate of drug-likeness (QED) is 0.636. The summed E-state index contributed by atoms with van der Waals surface area (Å²) >= 11 is 0. The standard InChI is InChI=1S/C16H33N3O/c1-4-6-9-18-16(20)14(3)19(12-5-2)13-15-7-10-17-11-8-15/h14-15,17H,4-13H2,1-3H3,(H,18,20). The molecule has 1 aliphatic heterocycles. The molecular formula is C16H33N3O. The average molecular weight is 283 g/mol. The number of carbonyl (C=O) groups excluding carboxylic acids is 1. The van der Waals surface area contributed by atoms with Gasteiger partial charge in [0.25, 0.3) is 0 Å². The van der Waals surface area contributed by atoms with E-state index in [0.29, 0.717) is 0 Å². The van der Waals surface area contributed by atoms with Crippen LogP contribution in [0.4, 0.5) is 0 Å². The first-order valence-electron chi connectivity index (χ1n) is 8.41. The molecule has 1 amide bonds. The van der Waals surface area contributed by atoms with Crippen LogP contribution in [0.15, 0.2) is 0 Å². The van der Waals surface area contributed by atoms with Crippen LogP contribution in [0.3, 0.4) is 0 Å². The number of piperidine rings is 1. The molecule has 0 spiro atoms. The zero-order valence-electron chi connectivity index (χ0n) is 13.6. The van der Waals surface area contributed by atoms with Crippen molar-refractivity contribution in [3.63, 3.8) is 0 Å². The first kappa shape index (κ1) is 17.4. The number of carbonyl (C=O) groups is 1. The van der Waals surface area contributed by atoms with Crippen LogP contribution in [0, 0.1) is 5.92 Å². The fourth-order valence-corrected chi connectivity index (χ4v) is 2.83. The van der Waals surface area contributed by atoms with Gasteiger partial charge in [0.15, 0.2) is 0 Å². The summed E-state index contributed by atoms with van der Waals surface area (Å²) < 4.78 is 0. The maximum Gasteiger partial charge on any atom is 0.237 e. The van der Waals surface area contributed by atoms with Crippen LogP contribution in [0.25, 0.3) is 0 Å². The summed E-state index contributed by atoms with van der Waals surface area (Å²) in [7, 11) is 0. The first-order valence-corrected chi connectivity index (χ1v) is 8.41. The van der Waals surface area contributed by atoms with Crippen LogP contribution < -0.4 is 10.6 Å². The highest BCUT2D eigenvalue weighted by Gasteiger charge is 2.24. The van der Waals surface area contributed by atoms with Gasteiger partial charge in [-0.2, -0.15) is 0 Å². The molecule has 0 aliphatic carbocycles. The summed E-state index contributed by atoms with van der Waals surface area (Å²) in [5.74, 6) is 0.939. The van der Waals surface area contributed by atoms with Crippen LogP contribution in [0.1, 0.15) is 52.9 Å². The lowest BCUT2D eigenvalue weighted by atomic mass is 9.97. The Bertz CT molecular complexity index is 264. The lowest BCUT2D eigenvalue weighted by Gasteiger charge is -2.33. The van der Waals surface area contributed by atoms with Gasteiger partial charge in [-0.15, -0.1) is 0 Å². The zero-order valence-corrected chi connectivity index (χ0v) is 13.6. The molecule has 0 saturated carbocycles. The Kier molecular flexibility index (Phi) is 8.86. The molecule has 1 saturated heterocycles. The second kappa shape index (κ2) is 10.2. The minimum absolute atomic E-state index is 0.00157. The maximum absolute atomic E-state index is 12.2. The van der Waals surface area contributed by atoms with E-state index in [1.807, 2.05) is 0 Å². The van der Waals surface area contributed by atoms with E-state index in [4.69, 9.17) is 0 Å². The molecule has 0 aromatic carbocycles. The monoisotopic (exact) mass is 283 g/mol. The van der Waals surface area contributed by atoms with Crippen molar-refractivity contribution >= 4 is 5.91 Å². The van der Waals surface area contributed by atoms with Crippen molar-refractivity contribution in [2.24, 2.45) is 5.92 Å². The lowest BCUT2D eigenvalue weighted by molar-refractivity contribution is -0.126. The van der Waals surface area contributed by atoms with Gasteiger partial charge in [-0.05, 0) is 58.2 Å². The van der Waals surface area contributed by atoms with Gasteiger partial charge in [-0.25, -0.2) is 0 Å². The normalized spacial score (nSPS) is 18.2. The topological polar surface area (TPSA) is 44.4 Å². The summed E-state index contributed by atoms with van der Waals surface area (Å²) in [5, 5.41) is 6.48. The van der Waals surface area contributed by atoms with Crippen LogP contribution in [-0.4, -0.2) is 49.6 Å². The number of amides is 1. The number of nitrogens with zero attached hydrogens (tertiary/aromatic N) is 1. The molecule has 0 aromatic heterocycles. The van der Waals surface area contributed by atoms with Crippen LogP contribution in [-0.2, 0) is 4.79 Å². The minimum Gasteiger partial charge on any atom is -0.355 e. The molecular weight excluding hydrogens is 250 g/mol. The Morgan fingerprint density at radius 3 is 2.60 bits per heavy atom. The fraction of sp³-hybridized carbons (Fsp3) is 0.938. The Labute approximate surface area is 124 Å². The lowest BCUT2D eigenvalue weighted by Crippen LogP contribution is -2.48. The molecule has 2 N–H and O–H groups in total. The van der Waals surface area contributed by atoms with E-state index in [1.165, 1.54) is 12.8 Å². The molecule has 20 heavy (non-hydrogen) atoms. The summed E-state index contributed by atoms with van der Waals surface area (Å²) in [6, 6.07) is 0.00157. The zero-order chi connectivity index (χ0) is 14.8. The van der Waals surface area contributed by atoms with Gasteiger partial charge in [0.05, 0.1) is 6.04 Å². The molecule has 4 heteroatoms. The molecule has 1 rings (SSSR count). The Hall–Kier alpha value is -0.610. The van der Waals surface area contributed by atoms with Crippen molar-refractivity contribution in [3.05, 3.63) is 0 Å². The van der Waals surface area contributed by atoms with E-state index in [-0.39, 0.29) is 11.9 Å². The molecule has 0 radical (unpaired) electrons. The molecule has 118 valence electrons. The Balaban J connectivity index is 2.43. The van der Waals surface area contributed by atoms with Gasteiger partial charge in [-0.1, -0.05) is 20.3 Å². The van der Waals surface area contributed by atoms with Crippen molar-refractivity contribution in [1.82, 2.24) is 15.5 Å². The van der Waals surface area contributed by atoms with Crippen molar-refractivity contribution in [2.75, 3.05) is 32.7 Å². The number of unbranched alkanes of at least 4 members (excludes halogenated alkanes) is 1. The third kappa shape index (κ3) is 6.23. The summed E-state index contributed by atoms with van der Waals surface area (Å²) in [4.78, 5) is 14.6. The van der Waals surface area contributed by atoms with E-state index >= 15 is 0 Å². The van der Waals surface area contributed by atoms with Gasteiger partial charge in [0.2, 0.25) is 5.91 Å². The predicted molar refractivity (Wildman–Crippen MR) is 84.8 cm³/mol. The van der Waals surface area contributed by atoms with Crippen molar-refractivity contribution in [2.45, 2.75) is 58.9 Å². The van der Waals surface area contributed by atoms with E-state index < -0.39 is 0 Å². The predicted octanol–water partition coefficient (Wildman–Crippen LogP) is 2.00. The number of nitrogens with one attached hydrogen (secondary N) is 2. The second-order valence-electron chi connectivity index (χ2n) is 6.01. The van der Waals surface area contributed by atoms with Crippen LogP contribution in [0.5, 0.6) is 0 Å². The van der Waals surface area contributed by atoms with Gasteiger partial charge in [-0.3, -0.25) is 9.69 Å². The summed E-state index contributed by atoms with van der Waals surface area (Å²) in [5.41, 5.74) is 0. The number of rotatable bonds is 9. The smallest absolute Gasteiger partial charge is 0.237 e. The molecule has 1 aliphatic rings. The van der Waals surface area contributed by atoms with E-state index in [9.17, 15) is 4.79 Å². The SMILES string of the molecule is CCCCNC(=O)C(C)N(CCC)CC1CCNCC1. The third-order valence-electron chi connectivity index (χ3n) is 4.22. The van der Waals surface area contributed by atoms with E-state index in [1.54, 1.807) is 0 Å². The molecule has 1 heterocycles. The highest BCUT2D eigenvalue weighted by molar-refractivity contribution is 5.81. The molecule has 0 bridgehead atoms. The summed E-state index contributed by atoms with van der Waals surface area (Å²) in [6.07, 6.45) is 5.79. The maximum atomic E-state index is 12.2. The largest absolute Gasteiger partial charge is 0.355 e. The van der Waals surface area contributed by atoms with Gasteiger partial charge < -0.3 is 10.6 Å². The number of hydrogen-bond donors (Lipinski definition) is 2. The Morgan fingerprint density at radius 2 is 2.00 bits per heavy atom. The van der Waals surface area contributed by atoms with Gasteiger partial charge in [0.1, 0.15) is 0 Å². The van der Waals surface area contributed by atoms with E-state index in [0.717, 1.165) is 57.9 Å². The minimum atomic E-state index is 0.00157. The third-order valence-corrected chi connectivity index (χ3v) is 4.22. The highest BCUT2D eigenvalue weighted by atomic mass is 16.2. The fourth-order valence-electron chi connectivity index (χ4n) is 2.83. The molecule has 1 unspecified atom stereocenters. The molecule has 0 aromatic rings. The molecule has 4 nitrogen and oxygen atoms in total. The Morgan fingerprint density at radius 1 is 1.30 bits per heavy atom. The second-order valence-corrected chi connectivity index (χ2v) is 6.01. The van der Waals surface area contributed by atoms with E-state index in [2.05, 4.69) is 36.3 Å².